The Morgan fingerprint density at radius 3 is 3.00 bits per heavy atom. The molecular formula is C13H20N4O. The van der Waals surface area contributed by atoms with Gasteiger partial charge in [-0.05, 0) is 25.5 Å². The highest BCUT2D eigenvalue weighted by atomic mass is 16.1. The minimum absolute atomic E-state index is 0.0395. The second-order valence-corrected chi connectivity index (χ2v) is 4.83. The lowest BCUT2D eigenvalue weighted by Crippen LogP contribution is -2.42. The van der Waals surface area contributed by atoms with Gasteiger partial charge in [-0.25, -0.2) is 0 Å². The highest BCUT2D eigenvalue weighted by molar-refractivity contribution is 5.79. The average molecular weight is 248 g/mol. The van der Waals surface area contributed by atoms with Crippen LogP contribution in [0.5, 0.6) is 0 Å². The van der Waals surface area contributed by atoms with Crippen LogP contribution in [0, 0.1) is 11.3 Å². The van der Waals surface area contributed by atoms with E-state index in [4.69, 9.17) is 11.1 Å². The maximum absolute atomic E-state index is 11.6. The molecule has 0 amide bonds. The Morgan fingerprint density at radius 1 is 1.44 bits per heavy atom. The molecule has 1 aromatic heterocycles. The molecule has 1 unspecified atom stereocenters. The van der Waals surface area contributed by atoms with Crippen molar-refractivity contribution in [1.29, 1.82) is 5.41 Å². The third-order valence-electron chi connectivity index (χ3n) is 3.50. The Kier molecular flexibility index (Phi) is 4.15. The third kappa shape index (κ3) is 3.20. The van der Waals surface area contributed by atoms with Crippen molar-refractivity contribution in [2.45, 2.75) is 19.4 Å². The van der Waals surface area contributed by atoms with Gasteiger partial charge in [0.15, 0.2) is 0 Å². The molecule has 0 spiro atoms. The summed E-state index contributed by atoms with van der Waals surface area (Å²) < 4.78 is 1.72. The van der Waals surface area contributed by atoms with Crippen molar-refractivity contribution in [2.75, 3.05) is 19.6 Å². The number of rotatable bonds is 4. The first-order valence-electron chi connectivity index (χ1n) is 6.38. The van der Waals surface area contributed by atoms with E-state index in [2.05, 4.69) is 4.90 Å². The topological polar surface area (TPSA) is 75.1 Å². The van der Waals surface area contributed by atoms with E-state index in [1.54, 1.807) is 16.7 Å². The van der Waals surface area contributed by atoms with Gasteiger partial charge in [-0.15, -0.1) is 0 Å². The van der Waals surface area contributed by atoms with E-state index in [1.165, 1.54) is 0 Å². The molecule has 5 nitrogen and oxygen atoms in total. The Bertz CT molecular complexity index is 468. The molecule has 0 bridgehead atoms. The molecule has 1 aromatic rings. The lowest BCUT2D eigenvalue weighted by Gasteiger charge is -2.32. The van der Waals surface area contributed by atoms with Gasteiger partial charge < -0.3 is 15.2 Å². The van der Waals surface area contributed by atoms with E-state index in [1.807, 2.05) is 12.3 Å². The molecule has 0 aliphatic carbocycles. The fraction of sp³-hybridized carbons (Fsp3) is 0.538. The molecule has 1 aliphatic rings. The zero-order valence-electron chi connectivity index (χ0n) is 10.5. The average Bonchev–Trinajstić information content (AvgIpc) is 2.38. The first-order valence-corrected chi connectivity index (χ1v) is 6.38. The minimum atomic E-state index is 0.0395. The number of hydrogen-bond acceptors (Lipinski definition) is 3. The van der Waals surface area contributed by atoms with Gasteiger partial charge in [-0.2, -0.15) is 0 Å². The van der Waals surface area contributed by atoms with Crippen LogP contribution >= 0.6 is 0 Å². The van der Waals surface area contributed by atoms with Crippen molar-refractivity contribution >= 4 is 5.84 Å². The van der Waals surface area contributed by atoms with Crippen LogP contribution < -0.4 is 11.3 Å². The van der Waals surface area contributed by atoms with Gasteiger partial charge in [0.2, 0.25) is 0 Å². The van der Waals surface area contributed by atoms with E-state index in [9.17, 15) is 4.79 Å². The zero-order valence-corrected chi connectivity index (χ0v) is 10.5. The molecule has 2 heterocycles. The third-order valence-corrected chi connectivity index (χ3v) is 3.50. The van der Waals surface area contributed by atoms with Crippen LogP contribution in [-0.2, 0) is 6.54 Å². The van der Waals surface area contributed by atoms with Crippen molar-refractivity contribution in [2.24, 2.45) is 11.7 Å². The zero-order chi connectivity index (χ0) is 13.0. The summed E-state index contributed by atoms with van der Waals surface area (Å²) in [6, 6.07) is 5.20. The lowest BCUT2D eigenvalue weighted by atomic mass is 9.97. The van der Waals surface area contributed by atoms with Crippen LogP contribution in [-0.4, -0.2) is 34.9 Å². The molecule has 5 heteroatoms. The Morgan fingerprint density at radius 2 is 2.28 bits per heavy atom. The molecule has 1 aliphatic heterocycles. The largest absolute Gasteiger partial charge is 0.387 e. The van der Waals surface area contributed by atoms with Gasteiger partial charge >= 0.3 is 0 Å². The van der Waals surface area contributed by atoms with Crippen LogP contribution in [0.3, 0.4) is 0 Å². The van der Waals surface area contributed by atoms with Crippen LogP contribution in [0.15, 0.2) is 29.2 Å². The number of amidine groups is 1. The second-order valence-electron chi connectivity index (χ2n) is 4.83. The number of nitrogens with two attached hydrogens (primary N) is 1. The van der Waals surface area contributed by atoms with Gasteiger partial charge in [-0.3, -0.25) is 10.2 Å². The Hall–Kier alpha value is -1.62. The van der Waals surface area contributed by atoms with Gasteiger partial charge in [0.1, 0.15) is 0 Å². The number of pyridine rings is 1. The van der Waals surface area contributed by atoms with Gasteiger partial charge in [-0.1, -0.05) is 6.07 Å². The van der Waals surface area contributed by atoms with E-state index >= 15 is 0 Å². The Balaban J connectivity index is 1.89. The summed E-state index contributed by atoms with van der Waals surface area (Å²) in [5.41, 5.74) is 5.60. The molecule has 1 saturated heterocycles. The van der Waals surface area contributed by atoms with E-state index in [0.717, 1.165) is 32.5 Å². The summed E-state index contributed by atoms with van der Waals surface area (Å²) >= 11 is 0. The van der Waals surface area contributed by atoms with Crippen molar-refractivity contribution < 1.29 is 0 Å². The number of aromatic nitrogens is 1. The summed E-state index contributed by atoms with van der Waals surface area (Å²) in [6.45, 7) is 3.42. The molecule has 0 saturated carbocycles. The summed E-state index contributed by atoms with van der Waals surface area (Å²) in [6.07, 6.45) is 3.90. The SMILES string of the molecule is N=C(N)C1CCCN(CCn2ccccc2=O)C1. The number of hydrogen-bond donors (Lipinski definition) is 2. The van der Waals surface area contributed by atoms with Crippen molar-refractivity contribution in [1.82, 2.24) is 9.47 Å². The molecule has 0 radical (unpaired) electrons. The maximum atomic E-state index is 11.6. The predicted molar refractivity (Wildman–Crippen MR) is 71.8 cm³/mol. The lowest BCUT2D eigenvalue weighted by molar-refractivity contribution is 0.196. The molecule has 18 heavy (non-hydrogen) atoms. The maximum Gasteiger partial charge on any atom is 0.250 e. The summed E-state index contributed by atoms with van der Waals surface area (Å²) in [4.78, 5) is 13.8. The van der Waals surface area contributed by atoms with Crippen LogP contribution in [0.1, 0.15) is 12.8 Å². The summed E-state index contributed by atoms with van der Waals surface area (Å²) in [7, 11) is 0. The molecule has 3 N–H and O–H groups in total. The fourth-order valence-electron chi connectivity index (χ4n) is 2.41. The van der Waals surface area contributed by atoms with Crippen molar-refractivity contribution in [3.63, 3.8) is 0 Å². The molecule has 1 atom stereocenters. The van der Waals surface area contributed by atoms with Crippen LogP contribution in [0.25, 0.3) is 0 Å². The monoisotopic (exact) mass is 248 g/mol. The Labute approximate surface area is 107 Å². The van der Waals surface area contributed by atoms with Gasteiger partial charge in [0, 0.05) is 37.8 Å². The smallest absolute Gasteiger partial charge is 0.250 e. The number of likely N-dealkylation sites (tertiary alicyclic amines) is 1. The number of nitrogens with one attached hydrogen (secondary N) is 1. The van der Waals surface area contributed by atoms with E-state index in [0.29, 0.717) is 6.54 Å². The quantitative estimate of drug-likeness (QED) is 0.601. The molecule has 1 fully saturated rings. The van der Waals surface area contributed by atoms with E-state index < -0.39 is 0 Å². The first kappa shape index (κ1) is 12.8. The standard InChI is InChI=1S/C13H20N4O/c14-13(15)11-4-3-6-16(10-11)8-9-17-7-2-1-5-12(17)18/h1-2,5,7,11H,3-4,6,8-10H2,(H3,14,15). The van der Waals surface area contributed by atoms with Crippen molar-refractivity contribution in [3.05, 3.63) is 34.7 Å². The number of piperidine rings is 1. The molecule has 0 aromatic carbocycles. The normalized spacial score (nSPS) is 20.8. The molecular weight excluding hydrogens is 228 g/mol. The van der Waals surface area contributed by atoms with Crippen LogP contribution in [0.2, 0.25) is 0 Å². The minimum Gasteiger partial charge on any atom is -0.387 e. The fourth-order valence-corrected chi connectivity index (χ4v) is 2.41. The second kappa shape index (κ2) is 5.82. The summed E-state index contributed by atoms with van der Waals surface area (Å²) in [5.74, 6) is 0.475. The highest BCUT2D eigenvalue weighted by Gasteiger charge is 2.21. The predicted octanol–water partition coefficient (Wildman–Crippen LogP) is 0.496. The van der Waals surface area contributed by atoms with Crippen molar-refractivity contribution in [3.8, 4) is 0 Å². The molecule has 2 rings (SSSR count). The van der Waals surface area contributed by atoms with E-state index in [-0.39, 0.29) is 17.3 Å². The van der Waals surface area contributed by atoms with Gasteiger partial charge in [0.05, 0.1) is 5.84 Å². The van der Waals surface area contributed by atoms with Gasteiger partial charge in [0.25, 0.3) is 5.56 Å². The first-order chi connectivity index (χ1) is 8.66. The number of nitrogens with zero attached hydrogens (tertiary/aromatic N) is 2. The highest BCUT2D eigenvalue weighted by Crippen LogP contribution is 2.15. The summed E-state index contributed by atoms with van der Waals surface area (Å²) in [5, 5.41) is 7.51. The molecule has 98 valence electrons. The van der Waals surface area contributed by atoms with Crippen LogP contribution in [0.4, 0.5) is 0 Å².